The number of hydrogen-bond donors (Lipinski definition) is 0. The molecule has 164 valence electrons. The van der Waals surface area contributed by atoms with Gasteiger partial charge in [0, 0.05) is 31.8 Å². The van der Waals surface area contributed by atoms with Crippen LogP contribution in [-0.2, 0) is 0 Å². The Balaban J connectivity index is 1.86. The van der Waals surface area contributed by atoms with Crippen molar-refractivity contribution in [2.24, 2.45) is 5.10 Å². The lowest BCUT2D eigenvalue weighted by atomic mass is 10.1. The molecule has 4 aromatic rings. The molecule has 0 aliphatic rings. The van der Waals surface area contributed by atoms with E-state index >= 15 is 0 Å². The average molecular weight is 556 g/mol. The molecular formula is C25H24Br2N4O. The first kappa shape index (κ1) is 22.7. The maximum atomic E-state index is 13.3. The SMILES string of the molecule is CC[C@@H](C)c1nc2ccc(Br)cc2c(=O)n1N=Cc1cc(C)n(-c2ccccc2Br)c1C. The van der Waals surface area contributed by atoms with Crippen LogP contribution < -0.4 is 5.56 Å². The Morgan fingerprint density at radius 1 is 1.12 bits per heavy atom. The van der Waals surface area contributed by atoms with E-state index in [4.69, 9.17) is 4.98 Å². The van der Waals surface area contributed by atoms with Crippen LogP contribution in [0.25, 0.3) is 16.6 Å². The highest BCUT2D eigenvalue weighted by Crippen LogP contribution is 2.26. The molecule has 5 nitrogen and oxygen atoms in total. The summed E-state index contributed by atoms with van der Waals surface area (Å²) in [5.74, 6) is 0.767. The van der Waals surface area contributed by atoms with Crippen molar-refractivity contribution in [3.05, 3.63) is 90.6 Å². The van der Waals surface area contributed by atoms with Crippen molar-refractivity contribution in [3.63, 3.8) is 0 Å². The van der Waals surface area contributed by atoms with Crippen LogP contribution in [0.3, 0.4) is 0 Å². The first-order valence-electron chi connectivity index (χ1n) is 10.5. The molecule has 2 heterocycles. The summed E-state index contributed by atoms with van der Waals surface area (Å²) in [6, 6.07) is 15.8. The standard InChI is InChI=1S/C25H24Br2N4O/c1-5-15(2)24-29-22-11-10-19(26)13-20(22)25(32)31(24)28-14-18-12-16(3)30(17(18)4)23-9-7-6-8-21(23)27/h6-15H,5H2,1-4H3/t15-/m1/s1. The maximum Gasteiger partial charge on any atom is 0.282 e. The number of hydrogen-bond acceptors (Lipinski definition) is 3. The van der Waals surface area contributed by atoms with E-state index in [9.17, 15) is 4.79 Å². The molecule has 0 fully saturated rings. The lowest BCUT2D eigenvalue weighted by Gasteiger charge is -2.14. The van der Waals surface area contributed by atoms with Crippen LogP contribution in [0.4, 0.5) is 0 Å². The molecule has 0 aliphatic carbocycles. The minimum atomic E-state index is -0.164. The van der Waals surface area contributed by atoms with Crippen LogP contribution in [0.1, 0.15) is 49.0 Å². The second-order valence-electron chi connectivity index (χ2n) is 7.92. The molecule has 0 radical (unpaired) electrons. The monoisotopic (exact) mass is 554 g/mol. The van der Waals surface area contributed by atoms with Gasteiger partial charge in [0.1, 0.15) is 5.82 Å². The van der Waals surface area contributed by atoms with Crippen LogP contribution in [0.5, 0.6) is 0 Å². The number of halogens is 2. The number of fused-ring (bicyclic) bond motifs is 1. The Bertz CT molecular complexity index is 1400. The summed E-state index contributed by atoms with van der Waals surface area (Å²) in [6.07, 6.45) is 2.62. The van der Waals surface area contributed by atoms with Crippen molar-refractivity contribution in [1.82, 2.24) is 14.2 Å². The summed E-state index contributed by atoms with van der Waals surface area (Å²) in [5.41, 5.74) is 4.68. The zero-order chi connectivity index (χ0) is 23.0. The largest absolute Gasteiger partial charge is 0.317 e. The van der Waals surface area contributed by atoms with Gasteiger partial charge in [-0.1, -0.05) is 41.9 Å². The van der Waals surface area contributed by atoms with Gasteiger partial charge in [-0.25, -0.2) is 4.98 Å². The van der Waals surface area contributed by atoms with Gasteiger partial charge in [-0.3, -0.25) is 4.79 Å². The fourth-order valence-corrected chi connectivity index (χ4v) is 4.64. The van der Waals surface area contributed by atoms with E-state index in [1.807, 2.05) is 30.3 Å². The minimum Gasteiger partial charge on any atom is -0.317 e. The Labute approximate surface area is 204 Å². The molecule has 7 heteroatoms. The van der Waals surface area contributed by atoms with Crippen LogP contribution in [0.15, 0.2) is 67.4 Å². The summed E-state index contributed by atoms with van der Waals surface area (Å²) in [7, 11) is 0. The van der Waals surface area contributed by atoms with E-state index in [1.165, 1.54) is 4.68 Å². The van der Waals surface area contributed by atoms with Crippen LogP contribution in [0.2, 0.25) is 0 Å². The molecule has 2 aromatic heterocycles. The molecule has 0 amide bonds. The van der Waals surface area contributed by atoms with Gasteiger partial charge in [0.15, 0.2) is 0 Å². The Hall–Kier alpha value is -2.51. The van der Waals surface area contributed by atoms with Crippen molar-refractivity contribution < 1.29 is 0 Å². The highest BCUT2D eigenvalue weighted by molar-refractivity contribution is 9.10. The molecule has 0 spiro atoms. The highest BCUT2D eigenvalue weighted by Gasteiger charge is 2.16. The van der Waals surface area contributed by atoms with Crippen LogP contribution in [0, 0.1) is 13.8 Å². The van der Waals surface area contributed by atoms with Gasteiger partial charge in [0.2, 0.25) is 0 Å². The molecule has 0 saturated carbocycles. The summed E-state index contributed by atoms with van der Waals surface area (Å²) in [4.78, 5) is 18.1. The summed E-state index contributed by atoms with van der Waals surface area (Å²) in [5, 5.41) is 5.18. The van der Waals surface area contributed by atoms with E-state index in [2.05, 4.69) is 81.4 Å². The maximum absolute atomic E-state index is 13.3. The quantitative estimate of drug-likeness (QED) is 0.256. The number of aryl methyl sites for hydroxylation is 1. The second kappa shape index (κ2) is 9.16. The van der Waals surface area contributed by atoms with E-state index in [-0.39, 0.29) is 11.5 Å². The molecule has 2 aromatic carbocycles. The third-order valence-corrected chi connectivity index (χ3v) is 6.93. The van der Waals surface area contributed by atoms with Crippen molar-refractivity contribution in [2.45, 2.75) is 40.0 Å². The molecule has 0 unspecified atom stereocenters. The van der Waals surface area contributed by atoms with Crippen molar-refractivity contribution in [2.75, 3.05) is 0 Å². The Morgan fingerprint density at radius 2 is 1.88 bits per heavy atom. The normalized spacial score (nSPS) is 12.7. The fraction of sp³-hybridized carbons (Fsp3) is 0.240. The van der Waals surface area contributed by atoms with Crippen LogP contribution >= 0.6 is 31.9 Å². The number of para-hydroxylation sites is 1. The molecule has 32 heavy (non-hydrogen) atoms. The lowest BCUT2D eigenvalue weighted by Crippen LogP contribution is -2.23. The van der Waals surface area contributed by atoms with Gasteiger partial charge < -0.3 is 4.57 Å². The van der Waals surface area contributed by atoms with Gasteiger partial charge in [0.25, 0.3) is 5.56 Å². The third-order valence-electron chi connectivity index (χ3n) is 5.76. The minimum absolute atomic E-state index is 0.0978. The Morgan fingerprint density at radius 3 is 2.59 bits per heavy atom. The van der Waals surface area contributed by atoms with Crippen LogP contribution in [-0.4, -0.2) is 20.4 Å². The number of benzene rings is 2. The van der Waals surface area contributed by atoms with E-state index in [1.54, 1.807) is 12.3 Å². The number of rotatable bonds is 5. The number of nitrogens with zero attached hydrogens (tertiary/aromatic N) is 4. The van der Waals surface area contributed by atoms with Crippen molar-refractivity contribution >= 4 is 49.0 Å². The van der Waals surface area contributed by atoms with Gasteiger partial charge in [-0.15, -0.1) is 0 Å². The summed E-state index contributed by atoms with van der Waals surface area (Å²) in [6.45, 7) is 8.27. The van der Waals surface area contributed by atoms with E-state index < -0.39 is 0 Å². The summed E-state index contributed by atoms with van der Waals surface area (Å²) >= 11 is 7.10. The second-order valence-corrected chi connectivity index (χ2v) is 9.69. The molecule has 0 saturated heterocycles. The predicted octanol–water partition coefficient (Wildman–Crippen LogP) is 6.72. The van der Waals surface area contributed by atoms with Crippen molar-refractivity contribution in [1.29, 1.82) is 0 Å². The third kappa shape index (κ3) is 4.11. The summed E-state index contributed by atoms with van der Waals surface area (Å²) < 4.78 is 5.49. The molecule has 0 bridgehead atoms. The van der Waals surface area contributed by atoms with Gasteiger partial charge >= 0.3 is 0 Å². The molecule has 0 N–H and O–H groups in total. The van der Waals surface area contributed by atoms with Gasteiger partial charge in [0.05, 0.1) is 22.8 Å². The lowest BCUT2D eigenvalue weighted by molar-refractivity contribution is 0.613. The molecule has 0 aliphatic heterocycles. The fourth-order valence-electron chi connectivity index (χ4n) is 3.82. The van der Waals surface area contributed by atoms with E-state index in [0.717, 1.165) is 38.0 Å². The smallest absolute Gasteiger partial charge is 0.282 e. The first-order chi connectivity index (χ1) is 15.3. The van der Waals surface area contributed by atoms with E-state index in [0.29, 0.717) is 16.7 Å². The van der Waals surface area contributed by atoms with Gasteiger partial charge in [-0.05, 0) is 72.6 Å². The Kier molecular flexibility index (Phi) is 6.49. The van der Waals surface area contributed by atoms with Crippen molar-refractivity contribution in [3.8, 4) is 5.69 Å². The zero-order valence-corrected chi connectivity index (χ0v) is 21.6. The zero-order valence-electron chi connectivity index (χ0n) is 18.4. The number of aromatic nitrogens is 3. The van der Waals surface area contributed by atoms with Gasteiger partial charge in [-0.2, -0.15) is 9.78 Å². The molecular weight excluding hydrogens is 532 g/mol. The molecule has 1 atom stereocenters. The first-order valence-corrected chi connectivity index (χ1v) is 12.1. The predicted molar refractivity (Wildman–Crippen MR) is 138 cm³/mol. The average Bonchev–Trinajstić information content (AvgIpc) is 3.06. The molecule has 4 rings (SSSR count). The topological polar surface area (TPSA) is 52.2 Å². The highest BCUT2D eigenvalue weighted by atomic mass is 79.9.